The molecule has 37 heavy (non-hydrogen) atoms. The van der Waals surface area contributed by atoms with Gasteiger partial charge < -0.3 is 35.9 Å². The van der Waals surface area contributed by atoms with Gasteiger partial charge in [-0.1, -0.05) is 36.2 Å². The Hall–Kier alpha value is -3.67. The second-order valence-corrected chi connectivity index (χ2v) is 8.57. The van der Waals surface area contributed by atoms with Crippen LogP contribution in [0, 0.1) is 5.92 Å². The van der Waals surface area contributed by atoms with Gasteiger partial charge in [0.05, 0.1) is 24.5 Å². The van der Waals surface area contributed by atoms with E-state index in [1.165, 1.54) is 24.5 Å². The van der Waals surface area contributed by atoms with Crippen molar-refractivity contribution >= 4 is 59.2 Å². The third-order valence-corrected chi connectivity index (χ3v) is 5.26. The summed E-state index contributed by atoms with van der Waals surface area (Å²) in [5.41, 5.74) is 5.93. The van der Waals surface area contributed by atoms with Crippen molar-refractivity contribution in [3.63, 3.8) is 0 Å². The molecule has 0 spiro atoms. The van der Waals surface area contributed by atoms with E-state index >= 15 is 0 Å². The number of anilines is 1. The van der Waals surface area contributed by atoms with E-state index in [0.29, 0.717) is 21.5 Å². The van der Waals surface area contributed by atoms with E-state index in [1.807, 2.05) is 0 Å². The van der Waals surface area contributed by atoms with Gasteiger partial charge in [-0.25, -0.2) is 14.6 Å². The fourth-order valence-electron chi connectivity index (χ4n) is 3.09. The van der Waals surface area contributed by atoms with Crippen molar-refractivity contribution in [2.45, 2.75) is 19.4 Å². The number of hydrogen-bond acceptors (Lipinski definition) is 6. The van der Waals surface area contributed by atoms with Crippen LogP contribution in [0.1, 0.15) is 12.6 Å². The monoisotopic (exact) mass is 571 g/mol. The number of nitrogens with one attached hydrogen (secondary N) is 3. The number of primary amides is 1. The fraction of sp³-hybridized carbons (Fsp3) is 0.217. The van der Waals surface area contributed by atoms with Crippen molar-refractivity contribution in [2.75, 3.05) is 11.9 Å². The summed E-state index contributed by atoms with van der Waals surface area (Å²) in [6, 6.07) is 7.28. The number of hydrogen-bond donors (Lipinski definition) is 5. The quantitative estimate of drug-likeness (QED) is 0.229. The molecule has 3 rings (SSSR count). The standard InChI is InChI=1S/C23H23Cl2N5O6.ClH/c1-12(21(31)29-17(22(32)33)8-15-9-27-11-28-15)10-35-18-3-2-4-19(20(18)30-23(26)34)36-16-6-13(24)5-14(25)7-16;/h2-7,9,11-12,17H,8,10H2,1H3,(H,27,28)(H,29,31)(H,32,33)(H3,26,30,34);1H/t12?,17-;/m0./s1. The van der Waals surface area contributed by atoms with Crippen LogP contribution >= 0.6 is 35.6 Å². The summed E-state index contributed by atoms with van der Waals surface area (Å²) in [6.45, 7) is 1.43. The number of nitrogens with two attached hydrogens (primary N) is 1. The number of benzene rings is 2. The number of carbonyl (C=O) groups excluding carboxylic acids is 2. The van der Waals surface area contributed by atoms with Gasteiger partial charge in [-0.3, -0.25) is 4.79 Å². The van der Waals surface area contributed by atoms with Gasteiger partial charge in [0.2, 0.25) is 5.91 Å². The first kappa shape index (κ1) is 29.6. The lowest BCUT2D eigenvalue weighted by Gasteiger charge is -2.20. The molecule has 1 unspecified atom stereocenters. The van der Waals surface area contributed by atoms with E-state index < -0.39 is 29.9 Å². The van der Waals surface area contributed by atoms with Crippen LogP contribution in [0.15, 0.2) is 48.9 Å². The van der Waals surface area contributed by atoms with E-state index in [0.717, 1.165) is 0 Å². The number of aromatic nitrogens is 2. The van der Waals surface area contributed by atoms with Gasteiger partial charge in [-0.05, 0) is 30.3 Å². The maximum absolute atomic E-state index is 12.6. The topological polar surface area (TPSA) is 169 Å². The molecule has 0 saturated carbocycles. The first-order valence-corrected chi connectivity index (χ1v) is 11.3. The number of halogens is 3. The van der Waals surface area contributed by atoms with E-state index in [1.54, 1.807) is 31.3 Å². The largest absolute Gasteiger partial charge is 0.490 e. The molecule has 11 nitrogen and oxygen atoms in total. The summed E-state index contributed by atoms with van der Waals surface area (Å²) in [4.78, 5) is 42.5. The van der Waals surface area contributed by atoms with Crippen LogP contribution in [-0.4, -0.2) is 45.6 Å². The summed E-state index contributed by atoms with van der Waals surface area (Å²) in [6.07, 6.45) is 2.98. The van der Waals surface area contributed by atoms with Crippen LogP contribution in [0.5, 0.6) is 17.2 Å². The molecule has 2 atom stereocenters. The van der Waals surface area contributed by atoms with Crippen LogP contribution < -0.4 is 25.8 Å². The Balaban J connectivity index is 0.00000481. The minimum Gasteiger partial charge on any atom is -0.490 e. The highest BCUT2D eigenvalue weighted by Crippen LogP contribution is 2.38. The SMILES string of the molecule is CC(COc1cccc(Oc2cc(Cl)cc(Cl)c2)c1NC(N)=O)C(=O)N[C@@H](Cc1c[nH]cn1)C(=O)O.Cl. The Morgan fingerprint density at radius 3 is 2.43 bits per heavy atom. The number of imidazole rings is 1. The van der Waals surface area contributed by atoms with Crippen molar-refractivity contribution in [1.82, 2.24) is 15.3 Å². The molecule has 14 heteroatoms. The minimum absolute atomic E-state index is 0. The predicted molar refractivity (Wildman–Crippen MR) is 140 cm³/mol. The zero-order valence-electron chi connectivity index (χ0n) is 19.4. The Morgan fingerprint density at radius 2 is 1.84 bits per heavy atom. The van der Waals surface area contributed by atoms with Crippen LogP contribution in [0.2, 0.25) is 10.0 Å². The molecule has 0 aliphatic rings. The third kappa shape index (κ3) is 8.74. The molecule has 0 aliphatic carbocycles. The van der Waals surface area contributed by atoms with Gasteiger partial charge in [-0.2, -0.15) is 0 Å². The highest BCUT2D eigenvalue weighted by Gasteiger charge is 2.25. The summed E-state index contributed by atoms with van der Waals surface area (Å²) < 4.78 is 11.6. The molecule has 1 aromatic heterocycles. The molecule has 1 heterocycles. The van der Waals surface area contributed by atoms with Gasteiger partial charge >= 0.3 is 12.0 Å². The predicted octanol–water partition coefficient (Wildman–Crippen LogP) is 4.25. The smallest absolute Gasteiger partial charge is 0.326 e. The molecule has 0 aliphatic heterocycles. The third-order valence-electron chi connectivity index (χ3n) is 4.82. The van der Waals surface area contributed by atoms with Crippen LogP contribution in [0.3, 0.4) is 0 Å². The maximum Gasteiger partial charge on any atom is 0.326 e. The molecule has 0 radical (unpaired) electrons. The Labute approximate surface area is 228 Å². The number of carboxylic acid groups (broad SMARTS) is 1. The molecular formula is C23H24Cl3N5O6. The van der Waals surface area contributed by atoms with Gasteiger partial charge in [-0.15, -0.1) is 12.4 Å². The van der Waals surface area contributed by atoms with Gasteiger partial charge in [0.15, 0.2) is 5.75 Å². The van der Waals surface area contributed by atoms with Crippen molar-refractivity contribution < 1.29 is 29.0 Å². The number of rotatable bonds is 11. The van der Waals surface area contributed by atoms with Crippen molar-refractivity contribution in [3.8, 4) is 17.2 Å². The van der Waals surface area contributed by atoms with E-state index in [2.05, 4.69) is 20.6 Å². The number of aromatic amines is 1. The molecule has 198 valence electrons. The number of para-hydroxylation sites is 1. The average molecular weight is 573 g/mol. The zero-order valence-corrected chi connectivity index (χ0v) is 21.7. The lowest BCUT2D eigenvalue weighted by molar-refractivity contribution is -0.142. The molecule has 0 bridgehead atoms. The molecule has 3 amide bonds. The van der Waals surface area contributed by atoms with Gasteiger partial charge in [0.25, 0.3) is 0 Å². The van der Waals surface area contributed by atoms with E-state index in [-0.39, 0.29) is 42.6 Å². The lowest BCUT2D eigenvalue weighted by atomic mass is 10.1. The molecular weight excluding hydrogens is 549 g/mol. The summed E-state index contributed by atoms with van der Waals surface area (Å²) in [7, 11) is 0. The van der Waals surface area contributed by atoms with E-state index in [4.69, 9.17) is 38.4 Å². The van der Waals surface area contributed by atoms with Crippen LogP contribution in [-0.2, 0) is 16.0 Å². The van der Waals surface area contributed by atoms with Crippen LogP contribution in [0.25, 0.3) is 0 Å². The molecule has 2 aromatic carbocycles. The molecule has 0 saturated heterocycles. The zero-order chi connectivity index (χ0) is 26.2. The summed E-state index contributed by atoms with van der Waals surface area (Å²) in [5, 5.41) is 15.1. The van der Waals surface area contributed by atoms with Crippen molar-refractivity contribution in [2.24, 2.45) is 11.7 Å². The van der Waals surface area contributed by atoms with Gasteiger partial charge in [0.1, 0.15) is 23.2 Å². The molecule has 6 N–H and O–H groups in total. The Morgan fingerprint density at radius 1 is 1.16 bits per heavy atom. The van der Waals surface area contributed by atoms with Crippen molar-refractivity contribution in [3.05, 3.63) is 64.7 Å². The number of carboxylic acids is 1. The Kier molecular flexibility index (Phi) is 10.9. The number of aliphatic carboxylic acids is 1. The molecule has 0 fully saturated rings. The number of urea groups is 1. The minimum atomic E-state index is -1.20. The molecule has 3 aromatic rings. The van der Waals surface area contributed by atoms with Gasteiger partial charge in [0, 0.05) is 22.7 Å². The lowest BCUT2D eigenvalue weighted by Crippen LogP contribution is -2.45. The number of H-pyrrole nitrogens is 1. The second-order valence-electron chi connectivity index (χ2n) is 7.70. The first-order chi connectivity index (χ1) is 17.1. The first-order valence-electron chi connectivity index (χ1n) is 10.6. The van der Waals surface area contributed by atoms with Crippen LogP contribution in [0.4, 0.5) is 10.5 Å². The van der Waals surface area contributed by atoms with Crippen molar-refractivity contribution in [1.29, 1.82) is 0 Å². The summed E-state index contributed by atoms with van der Waals surface area (Å²) in [5.74, 6) is -1.82. The average Bonchev–Trinajstić information content (AvgIpc) is 3.30. The normalized spacial score (nSPS) is 12.0. The highest BCUT2D eigenvalue weighted by molar-refractivity contribution is 6.34. The fourth-order valence-corrected chi connectivity index (χ4v) is 3.60. The number of amides is 3. The summed E-state index contributed by atoms with van der Waals surface area (Å²) >= 11 is 12.0. The second kappa shape index (κ2) is 13.6. The van der Waals surface area contributed by atoms with E-state index in [9.17, 15) is 19.5 Å². The Bertz CT molecular complexity index is 1220. The number of nitrogens with zero attached hydrogens (tertiary/aromatic N) is 1. The number of ether oxygens (including phenoxy) is 2. The highest BCUT2D eigenvalue weighted by atomic mass is 35.5. The number of carbonyl (C=O) groups is 3. The maximum atomic E-state index is 12.6.